The molecule has 4 nitrogen and oxygen atoms in total. The molecule has 0 saturated carbocycles. The summed E-state index contributed by atoms with van der Waals surface area (Å²) in [5.41, 5.74) is 2.63. The SMILES string of the molecule is Cc1[nH]c2c(C)nccc2c1C(=O)O. The van der Waals surface area contributed by atoms with E-state index in [-0.39, 0.29) is 0 Å². The molecule has 0 aliphatic rings. The quantitative estimate of drug-likeness (QED) is 0.721. The molecule has 0 aromatic carbocycles. The normalized spacial score (nSPS) is 10.7. The first-order valence-electron chi connectivity index (χ1n) is 4.28. The van der Waals surface area contributed by atoms with Crippen LogP contribution in [-0.4, -0.2) is 21.0 Å². The maximum atomic E-state index is 11.0. The number of aromatic carboxylic acids is 1. The lowest BCUT2D eigenvalue weighted by Gasteiger charge is -1.94. The van der Waals surface area contributed by atoms with Gasteiger partial charge in [0, 0.05) is 17.3 Å². The Kier molecular flexibility index (Phi) is 1.77. The minimum absolute atomic E-state index is 0.338. The van der Waals surface area contributed by atoms with Crippen LogP contribution in [0, 0.1) is 13.8 Å². The summed E-state index contributed by atoms with van der Waals surface area (Å²) in [6.07, 6.45) is 1.62. The highest BCUT2D eigenvalue weighted by molar-refractivity contribution is 6.05. The Hall–Kier alpha value is -1.84. The van der Waals surface area contributed by atoms with Gasteiger partial charge in [0.15, 0.2) is 0 Å². The van der Waals surface area contributed by atoms with Crippen LogP contribution in [0.1, 0.15) is 21.7 Å². The first-order valence-corrected chi connectivity index (χ1v) is 4.28. The lowest BCUT2D eigenvalue weighted by Crippen LogP contribution is -1.96. The second-order valence-electron chi connectivity index (χ2n) is 3.25. The van der Waals surface area contributed by atoms with Crippen LogP contribution >= 0.6 is 0 Å². The molecule has 2 rings (SSSR count). The van der Waals surface area contributed by atoms with E-state index in [1.165, 1.54) is 0 Å². The Morgan fingerprint density at radius 1 is 1.50 bits per heavy atom. The summed E-state index contributed by atoms with van der Waals surface area (Å²) in [6, 6.07) is 1.72. The highest BCUT2D eigenvalue weighted by Gasteiger charge is 2.15. The Morgan fingerprint density at radius 2 is 2.21 bits per heavy atom. The van der Waals surface area contributed by atoms with Crippen LogP contribution in [-0.2, 0) is 0 Å². The van der Waals surface area contributed by atoms with Crippen molar-refractivity contribution in [2.45, 2.75) is 13.8 Å². The number of carboxylic acids is 1. The summed E-state index contributed by atoms with van der Waals surface area (Å²) in [5, 5.41) is 9.73. The fourth-order valence-corrected chi connectivity index (χ4v) is 1.66. The van der Waals surface area contributed by atoms with Crippen molar-refractivity contribution in [3.63, 3.8) is 0 Å². The smallest absolute Gasteiger partial charge is 0.338 e. The van der Waals surface area contributed by atoms with E-state index in [4.69, 9.17) is 5.11 Å². The first kappa shape index (κ1) is 8.74. The predicted octanol–water partition coefficient (Wildman–Crippen LogP) is 1.88. The molecule has 0 atom stereocenters. The molecule has 0 aliphatic carbocycles. The van der Waals surface area contributed by atoms with E-state index in [1.54, 1.807) is 19.2 Å². The van der Waals surface area contributed by atoms with Crippen molar-refractivity contribution in [1.29, 1.82) is 0 Å². The number of fused-ring (bicyclic) bond motifs is 1. The third kappa shape index (κ3) is 1.08. The third-order valence-corrected chi connectivity index (χ3v) is 2.31. The monoisotopic (exact) mass is 190 g/mol. The van der Waals surface area contributed by atoms with E-state index in [2.05, 4.69) is 9.97 Å². The van der Waals surface area contributed by atoms with Crippen molar-refractivity contribution in [3.05, 3.63) is 29.2 Å². The summed E-state index contributed by atoms with van der Waals surface area (Å²) < 4.78 is 0. The second kappa shape index (κ2) is 2.83. The third-order valence-electron chi connectivity index (χ3n) is 2.31. The van der Waals surface area contributed by atoms with Crippen LogP contribution in [0.25, 0.3) is 10.9 Å². The molecule has 4 heteroatoms. The number of pyridine rings is 1. The molecule has 0 amide bonds. The number of rotatable bonds is 1. The minimum Gasteiger partial charge on any atom is -0.478 e. The number of aryl methyl sites for hydroxylation is 2. The van der Waals surface area contributed by atoms with Crippen molar-refractivity contribution in [1.82, 2.24) is 9.97 Å². The van der Waals surface area contributed by atoms with Gasteiger partial charge < -0.3 is 10.1 Å². The molecule has 72 valence electrons. The summed E-state index contributed by atoms with van der Waals surface area (Å²) >= 11 is 0. The molecule has 2 heterocycles. The lowest BCUT2D eigenvalue weighted by atomic mass is 10.1. The number of nitrogens with one attached hydrogen (secondary N) is 1. The van der Waals surface area contributed by atoms with Crippen LogP contribution in [0.3, 0.4) is 0 Å². The molecule has 14 heavy (non-hydrogen) atoms. The Labute approximate surface area is 80.6 Å². The van der Waals surface area contributed by atoms with Gasteiger partial charge in [0.2, 0.25) is 0 Å². The van der Waals surface area contributed by atoms with E-state index in [9.17, 15) is 4.79 Å². The van der Waals surface area contributed by atoms with Gasteiger partial charge in [-0.25, -0.2) is 4.79 Å². The molecule has 0 bridgehead atoms. The summed E-state index contributed by atoms with van der Waals surface area (Å²) in [7, 11) is 0. The largest absolute Gasteiger partial charge is 0.478 e. The molecule has 0 unspecified atom stereocenters. The van der Waals surface area contributed by atoms with Gasteiger partial charge in [-0.3, -0.25) is 4.98 Å². The van der Waals surface area contributed by atoms with E-state index in [0.717, 1.165) is 16.6 Å². The average molecular weight is 190 g/mol. The first-order chi connectivity index (χ1) is 6.61. The van der Waals surface area contributed by atoms with Crippen LogP contribution in [0.4, 0.5) is 0 Å². The summed E-state index contributed by atoms with van der Waals surface area (Å²) in [4.78, 5) is 18.1. The molecule has 0 aliphatic heterocycles. The highest BCUT2D eigenvalue weighted by atomic mass is 16.4. The number of hydrogen-bond donors (Lipinski definition) is 2. The molecule has 0 spiro atoms. The minimum atomic E-state index is -0.903. The Balaban J connectivity index is 2.90. The topological polar surface area (TPSA) is 66.0 Å². The highest BCUT2D eigenvalue weighted by Crippen LogP contribution is 2.22. The van der Waals surface area contributed by atoms with Crippen LogP contribution in [0.2, 0.25) is 0 Å². The van der Waals surface area contributed by atoms with Crippen LogP contribution in [0.15, 0.2) is 12.3 Å². The van der Waals surface area contributed by atoms with Gasteiger partial charge in [-0.1, -0.05) is 0 Å². The van der Waals surface area contributed by atoms with Gasteiger partial charge in [0.25, 0.3) is 0 Å². The van der Waals surface area contributed by atoms with Gasteiger partial charge in [0.05, 0.1) is 16.8 Å². The van der Waals surface area contributed by atoms with Crippen LogP contribution < -0.4 is 0 Å². The number of nitrogens with zero attached hydrogens (tertiary/aromatic N) is 1. The summed E-state index contributed by atoms with van der Waals surface area (Å²) in [5.74, 6) is -0.903. The molecular weight excluding hydrogens is 180 g/mol. The van der Waals surface area contributed by atoms with Crippen molar-refractivity contribution in [3.8, 4) is 0 Å². The van der Waals surface area contributed by atoms with Gasteiger partial charge >= 0.3 is 5.97 Å². The zero-order valence-electron chi connectivity index (χ0n) is 7.96. The standard InChI is InChI=1S/C10H10N2O2/c1-5-8(10(13)14)7-3-4-11-6(2)9(7)12-5/h3-4,12H,1-2H3,(H,13,14). The molecule has 0 radical (unpaired) electrons. The molecule has 2 aromatic heterocycles. The van der Waals surface area contributed by atoms with Gasteiger partial charge in [-0.05, 0) is 19.9 Å². The van der Waals surface area contributed by atoms with E-state index >= 15 is 0 Å². The van der Waals surface area contributed by atoms with Crippen molar-refractivity contribution in [2.24, 2.45) is 0 Å². The Bertz CT molecular complexity index is 514. The maximum Gasteiger partial charge on any atom is 0.338 e. The second-order valence-corrected chi connectivity index (χ2v) is 3.25. The van der Waals surface area contributed by atoms with Crippen LogP contribution in [0.5, 0.6) is 0 Å². The molecule has 0 saturated heterocycles. The van der Waals surface area contributed by atoms with Gasteiger partial charge in [0.1, 0.15) is 0 Å². The molecule has 2 N–H and O–H groups in total. The predicted molar refractivity (Wildman–Crippen MR) is 52.5 cm³/mol. The Morgan fingerprint density at radius 3 is 2.86 bits per heavy atom. The fraction of sp³-hybridized carbons (Fsp3) is 0.200. The number of carbonyl (C=O) groups is 1. The van der Waals surface area contributed by atoms with Crippen molar-refractivity contribution >= 4 is 16.9 Å². The zero-order valence-corrected chi connectivity index (χ0v) is 7.96. The number of carboxylic acid groups (broad SMARTS) is 1. The van der Waals surface area contributed by atoms with Crippen molar-refractivity contribution in [2.75, 3.05) is 0 Å². The lowest BCUT2D eigenvalue weighted by molar-refractivity contribution is 0.0698. The number of hydrogen-bond acceptors (Lipinski definition) is 2. The van der Waals surface area contributed by atoms with E-state index in [0.29, 0.717) is 11.3 Å². The zero-order chi connectivity index (χ0) is 10.3. The maximum absolute atomic E-state index is 11.0. The average Bonchev–Trinajstić information content (AvgIpc) is 2.42. The van der Waals surface area contributed by atoms with Crippen molar-refractivity contribution < 1.29 is 9.90 Å². The summed E-state index contributed by atoms with van der Waals surface area (Å²) in [6.45, 7) is 3.60. The number of aromatic nitrogens is 2. The number of aromatic amines is 1. The van der Waals surface area contributed by atoms with Gasteiger partial charge in [-0.15, -0.1) is 0 Å². The van der Waals surface area contributed by atoms with E-state index in [1.807, 2.05) is 6.92 Å². The molecule has 2 aromatic rings. The number of H-pyrrole nitrogens is 1. The molecular formula is C10H10N2O2. The van der Waals surface area contributed by atoms with Gasteiger partial charge in [-0.2, -0.15) is 0 Å². The van der Waals surface area contributed by atoms with E-state index < -0.39 is 5.97 Å². The molecule has 0 fully saturated rings. The fourth-order valence-electron chi connectivity index (χ4n) is 1.66.